The van der Waals surface area contributed by atoms with E-state index in [4.69, 9.17) is 0 Å². The molecule has 3 heterocycles. The largest absolute Gasteiger partial charge is 0.416 e. The number of carbonyl (C=O) groups excluding carboxylic acids is 1. The third-order valence-corrected chi connectivity index (χ3v) is 4.40. The molecule has 0 radical (unpaired) electrons. The van der Waals surface area contributed by atoms with Gasteiger partial charge in [-0.15, -0.1) is 0 Å². The molecule has 2 aromatic heterocycles. The van der Waals surface area contributed by atoms with Crippen LogP contribution in [0.5, 0.6) is 0 Å². The number of anilines is 1. The molecule has 1 aliphatic heterocycles. The summed E-state index contributed by atoms with van der Waals surface area (Å²) in [6, 6.07) is 4.15. The number of carbonyl (C=O) groups is 1. The molecule has 4 rings (SSSR count). The highest BCUT2D eigenvalue weighted by Gasteiger charge is 2.31. The molecular formula is C17H14F3N5O. The van der Waals surface area contributed by atoms with E-state index in [1.165, 1.54) is 12.1 Å². The first-order valence-corrected chi connectivity index (χ1v) is 7.95. The molecule has 1 aromatic carbocycles. The van der Waals surface area contributed by atoms with E-state index >= 15 is 0 Å². The molecule has 6 nitrogen and oxygen atoms in total. The second-order valence-corrected chi connectivity index (χ2v) is 6.07. The van der Waals surface area contributed by atoms with Crippen LogP contribution in [-0.2, 0) is 19.1 Å². The van der Waals surface area contributed by atoms with Crippen LogP contribution in [0.2, 0.25) is 0 Å². The van der Waals surface area contributed by atoms with Gasteiger partial charge in [0.25, 0.3) is 0 Å². The molecule has 26 heavy (non-hydrogen) atoms. The van der Waals surface area contributed by atoms with Gasteiger partial charge in [0.05, 0.1) is 11.8 Å². The van der Waals surface area contributed by atoms with Crippen molar-refractivity contribution in [3.63, 3.8) is 0 Å². The van der Waals surface area contributed by atoms with E-state index in [9.17, 15) is 18.0 Å². The second-order valence-electron chi connectivity index (χ2n) is 6.07. The zero-order chi connectivity index (χ0) is 18.3. The Labute approximate surface area is 146 Å². The van der Waals surface area contributed by atoms with Crippen molar-refractivity contribution in [1.29, 1.82) is 0 Å². The van der Waals surface area contributed by atoms with E-state index < -0.39 is 17.8 Å². The number of aromatic amines is 1. The molecule has 2 N–H and O–H groups in total. The number of urea groups is 1. The minimum Gasteiger partial charge on any atom is -0.320 e. The van der Waals surface area contributed by atoms with Crippen molar-refractivity contribution in [2.75, 3.05) is 11.9 Å². The first kappa shape index (κ1) is 16.4. The maximum atomic E-state index is 12.8. The Morgan fingerprint density at radius 2 is 2.12 bits per heavy atom. The number of rotatable bonds is 1. The molecule has 9 heteroatoms. The third kappa shape index (κ3) is 2.96. The molecule has 0 spiro atoms. The predicted molar refractivity (Wildman–Crippen MR) is 88.5 cm³/mol. The van der Waals surface area contributed by atoms with E-state index in [1.54, 1.807) is 17.3 Å². The fourth-order valence-electron chi connectivity index (χ4n) is 3.10. The third-order valence-electron chi connectivity index (χ3n) is 4.40. The molecule has 0 bridgehead atoms. The molecule has 3 aromatic rings. The number of nitrogens with zero attached hydrogens (tertiary/aromatic N) is 3. The van der Waals surface area contributed by atoms with Crippen LogP contribution in [0.25, 0.3) is 11.0 Å². The van der Waals surface area contributed by atoms with Crippen molar-refractivity contribution < 1.29 is 18.0 Å². The lowest BCUT2D eigenvalue weighted by atomic mass is 9.99. The Balaban J connectivity index is 1.51. The van der Waals surface area contributed by atoms with Crippen LogP contribution in [0, 0.1) is 0 Å². The monoisotopic (exact) mass is 361 g/mol. The van der Waals surface area contributed by atoms with Gasteiger partial charge in [-0.1, -0.05) is 6.07 Å². The summed E-state index contributed by atoms with van der Waals surface area (Å²) in [6.07, 6.45) is -0.421. The zero-order valence-electron chi connectivity index (χ0n) is 13.5. The summed E-state index contributed by atoms with van der Waals surface area (Å²) in [5.74, 6) is 0. The second kappa shape index (κ2) is 6.01. The van der Waals surface area contributed by atoms with Crippen molar-refractivity contribution in [3.05, 3.63) is 53.3 Å². The van der Waals surface area contributed by atoms with Crippen molar-refractivity contribution in [3.8, 4) is 0 Å². The number of fused-ring (bicyclic) bond motifs is 3. The molecule has 0 unspecified atom stereocenters. The summed E-state index contributed by atoms with van der Waals surface area (Å²) in [7, 11) is 0. The number of hydrogen-bond acceptors (Lipinski definition) is 3. The smallest absolute Gasteiger partial charge is 0.320 e. The highest BCUT2D eigenvalue weighted by molar-refractivity contribution is 5.90. The average molecular weight is 361 g/mol. The number of H-pyrrole nitrogens is 1. The van der Waals surface area contributed by atoms with E-state index in [2.05, 4.69) is 20.5 Å². The molecule has 0 atom stereocenters. The molecule has 0 saturated heterocycles. The molecular weight excluding hydrogens is 347 g/mol. The van der Waals surface area contributed by atoms with Gasteiger partial charge < -0.3 is 10.2 Å². The molecule has 0 aliphatic carbocycles. The number of aromatic nitrogens is 3. The summed E-state index contributed by atoms with van der Waals surface area (Å²) in [4.78, 5) is 18.3. The van der Waals surface area contributed by atoms with Gasteiger partial charge in [-0.05, 0) is 35.7 Å². The van der Waals surface area contributed by atoms with Crippen LogP contribution < -0.4 is 5.32 Å². The normalized spacial score (nSPS) is 14.3. The van der Waals surface area contributed by atoms with Gasteiger partial charge in [-0.3, -0.25) is 5.10 Å². The van der Waals surface area contributed by atoms with E-state index in [0.717, 1.165) is 28.6 Å². The number of alkyl halides is 3. The first-order valence-electron chi connectivity index (χ1n) is 7.95. The SMILES string of the molecule is O=C(Nc1cccc(C(F)(F)F)c1)N1CCc2c(cnc3[nH]ncc23)C1. The van der Waals surface area contributed by atoms with Gasteiger partial charge in [0.15, 0.2) is 5.65 Å². The summed E-state index contributed by atoms with van der Waals surface area (Å²) in [5.41, 5.74) is 2.01. The highest BCUT2D eigenvalue weighted by Crippen LogP contribution is 2.31. The number of halogens is 3. The first-order chi connectivity index (χ1) is 12.4. The van der Waals surface area contributed by atoms with Crippen LogP contribution in [-0.4, -0.2) is 32.7 Å². The summed E-state index contributed by atoms with van der Waals surface area (Å²) in [6.45, 7) is 0.802. The minimum atomic E-state index is -4.45. The Morgan fingerprint density at radius 1 is 1.27 bits per heavy atom. The molecule has 0 saturated carbocycles. The Bertz CT molecular complexity index is 982. The Hall–Kier alpha value is -3.10. The Morgan fingerprint density at radius 3 is 2.92 bits per heavy atom. The lowest BCUT2D eigenvalue weighted by Crippen LogP contribution is -2.39. The lowest BCUT2D eigenvalue weighted by molar-refractivity contribution is -0.137. The number of hydrogen-bond donors (Lipinski definition) is 2. The number of benzene rings is 1. The van der Waals surface area contributed by atoms with Crippen molar-refractivity contribution in [2.24, 2.45) is 0 Å². The molecule has 0 fully saturated rings. The molecule has 2 amide bonds. The fraction of sp³-hybridized carbons (Fsp3) is 0.235. The van der Waals surface area contributed by atoms with Gasteiger partial charge in [0.2, 0.25) is 0 Å². The van der Waals surface area contributed by atoms with Gasteiger partial charge in [0, 0.05) is 30.4 Å². The lowest BCUT2D eigenvalue weighted by Gasteiger charge is -2.29. The van der Waals surface area contributed by atoms with Crippen LogP contribution in [0.1, 0.15) is 16.7 Å². The van der Waals surface area contributed by atoms with Gasteiger partial charge >= 0.3 is 12.2 Å². The number of pyridine rings is 1. The maximum Gasteiger partial charge on any atom is 0.416 e. The predicted octanol–water partition coefficient (Wildman–Crippen LogP) is 3.57. The number of nitrogens with one attached hydrogen (secondary N) is 2. The van der Waals surface area contributed by atoms with E-state index in [1.807, 2.05) is 0 Å². The summed E-state index contributed by atoms with van der Waals surface area (Å²) >= 11 is 0. The van der Waals surface area contributed by atoms with Crippen molar-refractivity contribution >= 4 is 22.8 Å². The maximum absolute atomic E-state index is 12.8. The quantitative estimate of drug-likeness (QED) is 0.696. The van der Waals surface area contributed by atoms with Crippen LogP contribution >= 0.6 is 0 Å². The zero-order valence-corrected chi connectivity index (χ0v) is 13.5. The molecule has 1 aliphatic rings. The number of amides is 2. The van der Waals surface area contributed by atoms with E-state index in [0.29, 0.717) is 25.2 Å². The Kier molecular flexibility index (Phi) is 3.78. The fourth-order valence-corrected chi connectivity index (χ4v) is 3.10. The molecule has 134 valence electrons. The summed E-state index contributed by atoms with van der Waals surface area (Å²) < 4.78 is 38.4. The standard InChI is InChI=1S/C17H14F3N5O/c18-17(19,20)11-2-1-3-12(6-11)23-16(26)25-5-4-13-10(9-25)7-21-15-14(13)8-22-24-15/h1-3,6-8H,4-5,9H2,(H,23,26)(H,21,22,24). The topological polar surface area (TPSA) is 73.9 Å². The average Bonchev–Trinajstić information content (AvgIpc) is 3.10. The minimum absolute atomic E-state index is 0.110. The van der Waals surface area contributed by atoms with Crippen LogP contribution in [0.15, 0.2) is 36.7 Å². The van der Waals surface area contributed by atoms with Crippen molar-refractivity contribution in [2.45, 2.75) is 19.1 Å². The van der Waals surface area contributed by atoms with Gasteiger partial charge in [0.1, 0.15) is 0 Å². The van der Waals surface area contributed by atoms with Gasteiger partial charge in [-0.25, -0.2) is 9.78 Å². The van der Waals surface area contributed by atoms with Crippen LogP contribution in [0.4, 0.5) is 23.7 Å². The van der Waals surface area contributed by atoms with Crippen molar-refractivity contribution in [1.82, 2.24) is 20.1 Å². The van der Waals surface area contributed by atoms with E-state index in [-0.39, 0.29) is 5.69 Å². The van der Waals surface area contributed by atoms with Crippen LogP contribution in [0.3, 0.4) is 0 Å². The summed E-state index contributed by atoms with van der Waals surface area (Å²) in [5, 5.41) is 10.2. The van der Waals surface area contributed by atoms with Gasteiger partial charge in [-0.2, -0.15) is 18.3 Å². The highest BCUT2D eigenvalue weighted by atomic mass is 19.4.